The van der Waals surface area contributed by atoms with Crippen LogP contribution in [0.1, 0.15) is 18.9 Å². The summed E-state index contributed by atoms with van der Waals surface area (Å²) in [7, 11) is 1.67. The third-order valence-corrected chi connectivity index (χ3v) is 2.19. The molecule has 3 nitrogen and oxygen atoms in total. The fourth-order valence-corrected chi connectivity index (χ4v) is 1.45. The molecule has 0 atom stereocenters. The summed E-state index contributed by atoms with van der Waals surface area (Å²) < 4.78 is 5.24. The van der Waals surface area contributed by atoms with Crippen molar-refractivity contribution in [3.8, 4) is 5.75 Å². The molecular formula is C12H17NO2. The van der Waals surface area contributed by atoms with Gasteiger partial charge in [0.25, 0.3) is 0 Å². The number of hydrogen-bond donors (Lipinski definition) is 1. The number of benzene rings is 1. The van der Waals surface area contributed by atoms with E-state index in [1.165, 1.54) is 12.5 Å². The summed E-state index contributed by atoms with van der Waals surface area (Å²) >= 11 is 0. The average molecular weight is 207 g/mol. The van der Waals surface area contributed by atoms with E-state index in [0.29, 0.717) is 6.54 Å². The first kappa shape index (κ1) is 11.6. The highest BCUT2D eigenvalue weighted by molar-refractivity contribution is 5.72. The first-order valence-electron chi connectivity index (χ1n) is 5.10. The van der Waals surface area contributed by atoms with E-state index in [4.69, 9.17) is 4.74 Å². The van der Waals surface area contributed by atoms with Gasteiger partial charge >= 0.3 is 0 Å². The first-order chi connectivity index (χ1) is 7.24. The van der Waals surface area contributed by atoms with E-state index in [0.717, 1.165) is 18.6 Å². The lowest BCUT2D eigenvalue weighted by molar-refractivity contribution is -0.118. The molecule has 0 aliphatic heterocycles. The molecule has 1 aromatic rings. The Morgan fingerprint density at radius 3 is 2.80 bits per heavy atom. The molecule has 0 heterocycles. The van der Waals surface area contributed by atoms with Crippen LogP contribution in [0.3, 0.4) is 0 Å². The minimum absolute atomic E-state index is 0.0232. The van der Waals surface area contributed by atoms with Gasteiger partial charge in [-0.05, 0) is 24.5 Å². The van der Waals surface area contributed by atoms with Gasteiger partial charge in [0, 0.05) is 13.5 Å². The zero-order valence-electron chi connectivity index (χ0n) is 9.25. The van der Waals surface area contributed by atoms with Crippen molar-refractivity contribution in [3.05, 3.63) is 29.8 Å². The number of nitrogens with one attached hydrogen (secondary N) is 1. The molecule has 0 saturated heterocycles. The monoisotopic (exact) mass is 207 g/mol. The maximum Gasteiger partial charge on any atom is 0.216 e. The summed E-state index contributed by atoms with van der Waals surface area (Å²) in [6.45, 7) is 2.25. The van der Waals surface area contributed by atoms with Crippen molar-refractivity contribution in [1.82, 2.24) is 5.32 Å². The lowest BCUT2D eigenvalue weighted by Gasteiger charge is -2.07. The maximum atomic E-state index is 10.6. The average Bonchev–Trinajstić information content (AvgIpc) is 2.24. The van der Waals surface area contributed by atoms with E-state index in [2.05, 4.69) is 5.32 Å². The van der Waals surface area contributed by atoms with Crippen LogP contribution < -0.4 is 10.1 Å². The molecule has 0 radical (unpaired) electrons. The molecule has 0 fully saturated rings. The summed E-state index contributed by atoms with van der Waals surface area (Å²) in [6, 6.07) is 7.95. The Bertz CT molecular complexity index is 323. The number of para-hydroxylation sites is 1. The van der Waals surface area contributed by atoms with Gasteiger partial charge in [-0.3, -0.25) is 4.79 Å². The maximum absolute atomic E-state index is 10.6. The Kier molecular flexibility index (Phi) is 4.68. The van der Waals surface area contributed by atoms with E-state index in [-0.39, 0.29) is 5.91 Å². The summed E-state index contributed by atoms with van der Waals surface area (Å²) in [4.78, 5) is 10.6. The molecule has 0 aliphatic rings. The Balaban J connectivity index is 2.39. The molecule has 15 heavy (non-hydrogen) atoms. The third-order valence-electron chi connectivity index (χ3n) is 2.19. The van der Waals surface area contributed by atoms with E-state index in [1.807, 2.05) is 24.3 Å². The minimum atomic E-state index is 0.0232. The first-order valence-corrected chi connectivity index (χ1v) is 5.10. The van der Waals surface area contributed by atoms with Crippen molar-refractivity contribution in [3.63, 3.8) is 0 Å². The molecule has 0 aliphatic carbocycles. The van der Waals surface area contributed by atoms with Gasteiger partial charge in [0.05, 0.1) is 7.11 Å². The van der Waals surface area contributed by atoms with Crippen LogP contribution in [0.15, 0.2) is 24.3 Å². The molecule has 1 amide bonds. The highest BCUT2D eigenvalue weighted by atomic mass is 16.5. The van der Waals surface area contributed by atoms with Gasteiger partial charge in [0.2, 0.25) is 5.91 Å². The topological polar surface area (TPSA) is 38.3 Å². The van der Waals surface area contributed by atoms with Crippen LogP contribution in [-0.4, -0.2) is 19.6 Å². The number of carbonyl (C=O) groups is 1. The second-order valence-corrected chi connectivity index (χ2v) is 3.40. The van der Waals surface area contributed by atoms with Gasteiger partial charge in [-0.15, -0.1) is 0 Å². The SMILES string of the molecule is COc1ccccc1CCCNC(C)=O. The second-order valence-electron chi connectivity index (χ2n) is 3.40. The van der Waals surface area contributed by atoms with Crippen molar-refractivity contribution < 1.29 is 9.53 Å². The predicted molar refractivity (Wildman–Crippen MR) is 60.0 cm³/mol. The number of methoxy groups -OCH3 is 1. The van der Waals surface area contributed by atoms with Gasteiger partial charge in [0.1, 0.15) is 5.75 Å². The number of ether oxygens (including phenoxy) is 1. The molecule has 3 heteroatoms. The molecular weight excluding hydrogens is 190 g/mol. The predicted octanol–water partition coefficient (Wildman–Crippen LogP) is 1.76. The summed E-state index contributed by atoms with van der Waals surface area (Å²) in [5.41, 5.74) is 1.19. The van der Waals surface area contributed by atoms with Crippen LogP contribution in [0.4, 0.5) is 0 Å². The van der Waals surface area contributed by atoms with E-state index in [1.54, 1.807) is 7.11 Å². The van der Waals surface area contributed by atoms with Gasteiger partial charge in [-0.25, -0.2) is 0 Å². The second kappa shape index (κ2) is 6.06. The molecule has 0 bridgehead atoms. The number of rotatable bonds is 5. The standard InChI is InChI=1S/C12H17NO2/c1-10(14)13-9-5-7-11-6-3-4-8-12(11)15-2/h3-4,6,8H,5,7,9H2,1-2H3,(H,13,14). The van der Waals surface area contributed by atoms with E-state index in [9.17, 15) is 4.79 Å². The zero-order chi connectivity index (χ0) is 11.1. The molecule has 1 N–H and O–H groups in total. The normalized spacial score (nSPS) is 9.73. The van der Waals surface area contributed by atoms with Gasteiger partial charge in [0.15, 0.2) is 0 Å². The largest absolute Gasteiger partial charge is 0.496 e. The van der Waals surface area contributed by atoms with E-state index >= 15 is 0 Å². The van der Waals surface area contributed by atoms with Gasteiger partial charge < -0.3 is 10.1 Å². The van der Waals surface area contributed by atoms with Crippen molar-refractivity contribution >= 4 is 5.91 Å². The molecule has 1 rings (SSSR count). The summed E-state index contributed by atoms with van der Waals surface area (Å²) in [6.07, 6.45) is 1.85. The number of amides is 1. The number of carbonyl (C=O) groups excluding carboxylic acids is 1. The molecule has 82 valence electrons. The zero-order valence-corrected chi connectivity index (χ0v) is 9.25. The van der Waals surface area contributed by atoms with Crippen LogP contribution in [0.25, 0.3) is 0 Å². The molecule has 0 saturated carbocycles. The fraction of sp³-hybridized carbons (Fsp3) is 0.417. The Labute approximate surface area is 90.4 Å². The van der Waals surface area contributed by atoms with Crippen molar-refractivity contribution in [2.24, 2.45) is 0 Å². The third kappa shape index (κ3) is 4.02. The Morgan fingerprint density at radius 1 is 1.40 bits per heavy atom. The lowest BCUT2D eigenvalue weighted by Crippen LogP contribution is -2.21. The van der Waals surface area contributed by atoms with Crippen LogP contribution >= 0.6 is 0 Å². The molecule has 0 spiro atoms. The smallest absolute Gasteiger partial charge is 0.216 e. The lowest BCUT2D eigenvalue weighted by atomic mass is 10.1. The number of aryl methyl sites for hydroxylation is 1. The Hall–Kier alpha value is -1.51. The van der Waals surface area contributed by atoms with Crippen LogP contribution in [0.5, 0.6) is 5.75 Å². The van der Waals surface area contributed by atoms with Crippen LogP contribution in [0, 0.1) is 0 Å². The van der Waals surface area contributed by atoms with Gasteiger partial charge in [-0.2, -0.15) is 0 Å². The molecule has 1 aromatic carbocycles. The van der Waals surface area contributed by atoms with Crippen molar-refractivity contribution in [2.45, 2.75) is 19.8 Å². The quantitative estimate of drug-likeness (QED) is 0.747. The van der Waals surface area contributed by atoms with E-state index < -0.39 is 0 Å². The van der Waals surface area contributed by atoms with Gasteiger partial charge in [-0.1, -0.05) is 18.2 Å². The highest BCUT2D eigenvalue weighted by Crippen LogP contribution is 2.18. The molecule has 0 unspecified atom stereocenters. The Morgan fingerprint density at radius 2 is 2.13 bits per heavy atom. The summed E-state index contributed by atoms with van der Waals surface area (Å²) in [5, 5.41) is 2.77. The minimum Gasteiger partial charge on any atom is -0.496 e. The van der Waals surface area contributed by atoms with Crippen LogP contribution in [0.2, 0.25) is 0 Å². The fourth-order valence-electron chi connectivity index (χ4n) is 1.45. The van der Waals surface area contributed by atoms with Crippen LogP contribution in [-0.2, 0) is 11.2 Å². The van der Waals surface area contributed by atoms with Crippen molar-refractivity contribution in [1.29, 1.82) is 0 Å². The molecule has 0 aromatic heterocycles. The number of hydrogen-bond acceptors (Lipinski definition) is 2. The highest BCUT2D eigenvalue weighted by Gasteiger charge is 2.00. The van der Waals surface area contributed by atoms with Crippen molar-refractivity contribution in [2.75, 3.05) is 13.7 Å². The summed E-state index contributed by atoms with van der Waals surface area (Å²) in [5.74, 6) is 0.940.